The van der Waals surface area contributed by atoms with Crippen LogP contribution in [0.1, 0.15) is 30.0 Å². The van der Waals surface area contributed by atoms with E-state index in [4.69, 9.17) is 10.6 Å². The highest BCUT2D eigenvalue weighted by atomic mass is 79.9. The highest BCUT2D eigenvalue weighted by molar-refractivity contribution is 9.10. The zero-order valence-corrected chi connectivity index (χ0v) is 11.4. The molecule has 0 aliphatic heterocycles. The zero-order valence-electron chi connectivity index (χ0n) is 9.79. The molecule has 0 radical (unpaired) electrons. The van der Waals surface area contributed by atoms with Gasteiger partial charge in [0.1, 0.15) is 0 Å². The van der Waals surface area contributed by atoms with Gasteiger partial charge in [0.2, 0.25) is 0 Å². The molecule has 0 saturated heterocycles. The summed E-state index contributed by atoms with van der Waals surface area (Å²) in [4.78, 5) is 0. The number of nitrogens with two attached hydrogens (primary N) is 1. The van der Waals surface area contributed by atoms with E-state index in [1.165, 1.54) is 11.1 Å². The molecule has 1 aromatic carbocycles. The minimum atomic E-state index is 0.186. The van der Waals surface area contributed by atoms with Crippen molar-refractivity contribution in [1.82, 2.24) is 5.43 Å². The molecule has 1 aromatic rings. The quantitative estimate of drug-likeness (QED) is 0.480. The van der Waals surface area contributed by atoms with E-state index in [-0.39, 0.29) is 6.04 Å². The summed E-state index contributed by atoms with van der Waals surface area (Å²) < 4.78 is 6.13. The Balaban J connectivity index is 2.70. The fourth-order valence-electron chi connectivity index (χ4n) is 1.74. The monoisotopic (exact) mass is 286 g/mol. The van der Waals surface area contributed by atoms with Crippen molar-refractivity contribution >= 4 is 15.9 Å². The molecule has 1 rings (SSSR count). The van der Waals surface area contributed by atoms with Crippen molar-refractivity contribution in [2.45, 2.75) is 25.8 Å². The third-order valence-electron chi connectivity index (χ3n) is 2.51. The lowest BCUT2D eigenvalue weighted by Gasteiger charge is -2.17. The molecular formula is C12H19BrN2O. The lowest BCUT2D eigenvalue weighted by molar-refractivity contribution is 0.189. The molecule has 0 amide bonds. The van der Waals surface area contributed by atoms with Crippen LogP contribution in [0.2, 0.25) is 0 Å². The topological polar surface area (TPSA) is 47.3 Å². The van der Waals surface area contributed by atoms with Crippen LogP contribution in [0.4, 0.5) is 0 Å². The van der Waals surface area contributed by atoms with Crippen molar-refractivity contribution in [1.29, 1.82) is 0 Å². The third kappa shape index (κ3) is 4.22. The van der Waals surface area contributed by atoms with Crippen LogP contribution in [0, 0.1) is 6.92 Å². The summed E-state index contributed by atoms with van der Waals surface area (Å²) in [7, 11) is 1.72. The summed E-state index contributed by atoms with van der Waals surface area (Å²) in [5.41, 5.74) is 5.30. The van der Waals surface area contributed by atoms with Crippen LogP contribution in [-0.4, -0.2) is 13.7 Å². The fraction of sp³-hybridized carbons (Fsp3) is 0.500. The first-order valence-corrected chi connectivity index (χ1v) is 6.19. The molecule has 0 aliphatic carbocycles. The molecule has 0 aliphatic rings. The molecule has 1 unspecified atom stereocenters. The molecule has 1 atom stereocenters. The molecular weight excluding hydrogens is 268 g/mol. The minimum absolute atomic E-state index is 0.186. The summed E-state index contributed by atoms with van der Waals surface area (Å²) in [5.74, 6) is 5.58. The van der Waals surface area contributed by atoms with Crippen LogP contribution >= 0.6 is 15.9 Å². The van der Waals surface area contributed by atoms with E-state index in [2.05, 4.69) is 46.5 Å². The Hall–Kier alpha value is -0.420. The zero-order chi connectivity index (χ0) is 12.0. The number of rotatable bonds is 6. The smallest absolute Gasteiger partial charge is 0.0462 e. The van der Waals surface area contributed by atoms with E-state index in [1.54, 1.807) is 7.11 Å². The Morgan fingerprint density at radius 2 is 2.19 bits per heavy atom. The van der Waals surface area contributed by atoms with Gasteiger partial charge in [0.25, 0.3) is 0 Å². The molecule has 0 heterocycles. The average Bonchev–Trinajstić information content (AvgIpc) is 2.23. The molecule has 0 fully saturated rings. The number of hydrogen-bond acceptors (Lipinski definition) is 3. The molecule has 0 saturated carbocycles. The Labute approximate surface area is 105 Å². The van der Waals surface area contributed by atoms with Crippen LogP contribution in [0.25, 0.3) is 0 Å². The lowest BCUT2D eigenvalue weighted by Crippen LogP contribution is -2.28. The Morgan fingerprint density at radius 1 is 1.44 bits per heavy atom. The number of ether oxygens (including phenoxy) is 1. The van der Waals surface area contributed by atoms with Crippen LogP contribution in [0.5, 0.6) is 0 Å². The largest absolute Gasteiger partial charge is 0.385 e. The van der Waals surface area contributed by atoms with Crippen molar-refractivity contribution < 1.29 is 4.74 Å². The summed E-state index contributed by atoms with van der Waals surface area (Å²) in [6.45, 7) is 2.85. The minimum Gasteiger partial charge on any atom is -0.385 e. The van der Waals surface area contributed by atoms with Gasteiger partial charge in [0.05, 0.1) is 0 Å². The van der Waals surface area contributed by atoms with Gasteiger partial charge in [0, 0.05) is 24.2 Å². The molecule has 3 nitrogen and oxygen atoms in total. The van der Waals surface area contributed by atoms with E-state index >= 15 is 0 Å². The molecule has 0 spiro atoms. The normalized spacial score (nSPS) is 12.8. The second-order valence-corrected chi connectivity index (χ2v) is 4.83. The van der Waals surface area contributed by atoms with Gasteiger partial charge >= 0.3 is 0 Å². The van der Waals surface area contributed by atoms with Gasteiger partial charge in [0.15, 0.2) is 0 Å². The second kappa shape index (κ2) is 7.01. The summed E-state index contributed by atoms with van der Waals surface area (Å²) in [6, 6.07) is 6.53. The predicted molar refractivity (Wildman–Crippen MR) is 70.1 cm³/mol. The first-order valence-electron chi connectivity index (χ1n) is 5.39. The lowest BCUT2D eigenvalue weighted by atomic mass is 10.0. The number of methoxy groups -OCH3 is 1. The maximum Gasteiger partial charge on any atom is 0.0462 e. The van der Waals surface area contributed by atoms with Crippen molar-refractivity contribution in [3.8, 4) is 0 Å². The predicted octanol–water partition coefficient (Wildman–Crippen LogP) is 2.69. The third-order valence-corrected chi connectivity index (χ3v) is 2.97. The fourth-order valence-corrected chi connectivity index (χ4v) is 2.37. The number of hydrazine groups is 1. The Morgan fingerprint density at radius 3 is 2.75 bits per heavy atom. The SMILES string of the molecule is COCCCC(NN)c1cc(C)cc(Br)c1. The van der Waals surface area contributed by atoms with Gasteiger partial charge < -0.3 is 4.74 Å². The molecule has 0 aromatic heterocycles. The number of hydrogen-bond donors (Lipinski definition) is 2. The second-order valence-electron chi connectivity index (χ2n) is 3.92. The van der Waals surface area contributed by atoms with E-state index < -0.39 is 0 Å². The van der Waals surface area contributed by atoms with Crippen molar-refractivity contribution in [2.24, 2.45) is 5.84 Å². The van der Waals surface area contributed by atoms with Crippen molar-refractivity contribution in [2.75, 3.05) is 13.7 Å². The number of nitrogens with one attached hydrogen (secondary N) is 1. The molecule has 3 N–H and O–H groups in total. The van der Waals surface area contributed by atoms with Crippen LogP contribution in [0.15, 0.2) is 22.7 Å². The van der Waals surface area contributed by atoms with Crippen LogP contribution in [-0.2, 0) is 4.74 Å². The van der Waals surface area contributed by atoms with Gasteiger partial charge in [-0.3, -0.25) is 11.3 Å². The van der Waals surface area contributed by atoms with Crippen LogP contribution in [0.3, 0.4) is 0 Å². The molecule has 16 heavy (non-hydrogen) atoms. The summed E-state index contributed by atoms with van der Waals surface area (Å²) in [5, 5.41) is 0. The standard InChI is InChI=1S/C12H19BrN2O/c1-9-6-10(8-11(13)7-9)12(15-14)4-3-5-16-2/h6-8,12,15H,3-5,14H2,1-2H3. The highest BCUT2D eigenvalue weighted by Gasteiger charge is 2.10. The van der Waals surface area contributed by atoms with Gasteiger partial charge in [-0.1, -0.05) is 22.0 Å². The summed E-state index contributed by atoms with van der Waals surface area (Å²) in [6.07, 6.45) is 1.97. The number of aryl methyl sites for hydroxylation is 1. The molecule has 4 heteroatoms. The number of benzene rings is 1. The number of halogens is 1. The van der Waals surface area contributed by atoms with Crippen LogP contribution < -0.4 is 11.3 Å². The highest BCUT2D eigenvalue weighted by Crippen LogP contribution is 2.23. The maximum atomic E-state index is 5.58. The molecule has 0 bridgehead atoms. The van der Waals surface area contributed by atoms with E-state index in [9.17, 15) is 0 Å². The van der Waals surface area contributed by atoms with Gasteiger partial charge in [-0.05, 0) is 43.0 Å². The van der Waals surface area contributed by atoms with E-state index in [0.29, 0.717) is 0 Å². The van der Waals surface area contributed by atoms with E-state index in [1.807, 2.05) is 0 Å². The Kier molecular flexibility index (Phi) is 5.98. The van der Waals surface area contributed by atoms with Crippen molar-refractivity contribution in [3.05, 3.63) is 33.8 Å². The first-order chi connectivity index (χ1) is 7.67. The van der Waals surface area contributed by atoms with Gasteiger partial charge in [-0.15, -0.1) is 0 Å². The first kappa shape index (κ1) is 13.6. The average molecular weight is 287 g/mol. The summed E-state index contributed by atoms with van der Waals surface area (Å²) >= 11 is 3.50. The molecule has 90 valence electrons. The van der Waals surface area contributed by atoms with Gasteiger partial charge in [-0.2, -0.15) is 0 Å². The Bertz CT molecular complexity index is 311. The van der Waals surface area contributed by atoms with E-state index in [0.717, 1.165) is 23.9 Å². The van der Waals surface area contributed by atoms with Crippen molar-refractivity contribution in [3.63, 3.8) is 0 Å². The van der Waals surface area contributed by atoms with Gasteiger partial charge in [-0.25, -0.2) is 0 Å². The maximum absolute atomic E-state index is 5.58.